The Morgan fingerprint density at radius 1 is 1.27 bits per heavy atom. The second-order valence-corrected chi connectivity index (χ2v) is 6.96. The highest BCUT2D eigenvalue weighted by atomic mass is 32.1. The number of hydrogen-bond acceptors (Lipinski definition) is 4. The van der Waals surface area contributed by atoms with Gasteiger partial charge in [0, 0.05) is 23.5 Å². The van der Waals surface area contributed by atoms with E-state index >= 15 is 0 Å². The Balaban J connectivity index is 1.57. The van der Waals surface area contributed by atoms with Crippen molar-refractivity contribution in [3.63, 3.8) is 0 Å². The molecule has 2 N–H and O–H groups in total. The molecule has 1 aliphatic rings. The summed E-state index contributed by atoms with van der Waals surface area (Å²) < 4.78 is 0. The van der Waals surface area contributed by atoms with E-state index in [-0.39, 0.29) is 17.7 Å². The molecule has 0 unspecified atom stereocenters. The summed E-state index contributed by atoms with van der Waals surface area (Å²) in [6.07, 6.45) is 5.59. The van der Waals surface area contributed by atoms with Gasteiger partial charge in [0.1, 0.15) is 0 Å². The number of carboxylic acids is 1. The average molecular weight is 324 g/mol. The van der Waals surface area contributed by atoms with Gasteiger partial charge in [-0.05, 0) is 51.9 Å². The van der Waals surface area contributed by atoms with Gasteiger partial charge in [0.2, 0.25) is 5.91 Å². The molecule has 5 nitrogen and oxygen atoms in total. The van der Waals surface area contributed by atoms with Gasteiger partial charge in [-0.25, -0.2) is 4.98 Å². The molecular weight excluding hydrogens is 300 g/mol. The lowest BCUT2D eigenvalue weighted by molar-refractivity contribution is -0.144. The minimum absolute atomic E-state index is 0.00258. The second-order valence-electron chi connectivity index (χ2n) is 6.02. The number of amides is 1. The van der Waals surface area contributed by atoms with Gasteiger partial charge in [-0.1, -0.05) is 0 Å². The third-order valence-corrected chi connectivity index (χ3v) is 5.26. The largest absolute Gasteiger partial charge is 0.481 e. The first-order chi connectivity index (χ1) is 10.6. The van der Waals surface area contributed by atoms with Gasteiger partial charge in [0.05, 0.1) is 10.9 Å². The lowest BCUT2D eigenvalue weighted by Gasteiger charge is -2.25. The van der Waals surface area contributed by atoms with Gasteiger partial charge >= 0.3 is 5.97 Å². The molecule has 122 valence electrons. The van der Waals surface area contributed by atoms with E-state index in [0.717, 1.165) is 30.0 Å². The van der Waals surface area contributed by atoms with E-state index in [1.54, 1.807) is 11.3 Å². The summed E-state index contributed by atoms with van der Waals surface area (Å²) in [5.41, 5.74) is 1.07. The van der Waals surface area contributed by atoms with E-state index in [0.29, 0.717) is 32.2 Å². The lowest BCUT2D eigenvalue weighted by Crippen LogP contribution is -2.34. The molecular formula is C16H24N2O3S. The van der Waals surface area contributed by atoms with Crippen LogP contribution in [0.5, 0.6) is 0 Å². The minimum Gasteiger partial charge on any atom is -0.481 e. The number of carboxylic acid groups (broad SMARTS) is 1. The Labute approximate surface area is 135 Å². The number of nitrogens with zero attached hydrogens (tertiary/aromatic N) is 1. The topological polar surface area (TPSA) is 79.3 Å². The average Bonchev–Trinajstić information content (AvgIpc) is 2.92. The predicted octanol–water partition coefficient (Wildman–Crippen LogP) is 2.78. The van der Waals surface area contributed by atoms with E-state index in [1.807, 2.05) is 6.92 Å². The molecule has 0 radical (unpaired) electrons. The highest BCUT2D eigenvalue weighted by molar-refractivity contribution is 7.09. The smallest absolute Gasteiger partial charge is 0.306 e. The Morgan fingerprint density at radius 2 is 1.95 bits per heavy atom. The molecule has 0 aliphatic heterocycles. The van der Waals surface area contributed by atoms with Crippen molar-refractivity contribution in [3.05, 3.63) is 16.1 Å². The number of hydrogen-bond donors (Lipinski definition) is 2. The van der Waals surface area contributed by atoms with Crippen LogP contribution in [0.25, 0.3) is 0 Å². The predicted molar refractivity (Wildman–Crippen MR) is 85.9 cm³/mol. The van der Waals surface area contributed by atoms with Gasteiger partial charge in [-0.3, -0.25) is 9.59 Å². The molecule has 1 fully saturated rings. The van der Waals surface area contributed by atoms with E-state index in [1.165, 1.54) is 0 Å². The van der Waals surface area contributed by atoms with Crippen molar-refractivity contribution in [1.29, 1.82) is 0 Å². The van der Waals surface area contributed by atoms with E-state index in [9.17, 15) is 9.59 Å². The Hall–Kier alpha value is -1.43. The van der Waals surface area contributed by atoms with Crippen molar-refractivity contribution in [3.8, 4) is 0 Å². The molecule has 6 heteroatoms. The molecule has 1 aromatic rings. The van der Waals surface area contributed by atoms with Crippen LogP contribution in [0.2, 0.25) is 0 Å². The van der Waals surface area contributed by atoms with Crippen molar-refractivity contribution in [1.82, 2.24) is 10.3 Å². The molecule has 0 bridgehead atoms. The molecule has 1 heterocycles. The minimum atomic E-state index is -0.726. The first-order valence-electron chi connectivity index (χ1n) is 7.98. The zero-order valence-electron chi connectivity index (χ0n) is 13.0. The van der Waals surface area contributed by atoms with E-state index in [4.69, 9.17) is 5.11 Å². The highest BCUT2D eigenvalue weighted by Crippen LogP contribution is 2.28. The van der Waals surface area contributed by atoms with E-state index in [2.05, 4.69) is 15.7 Å². The zero-order chi connectivity index (χ0) is 15.9. The second kappa shape index (κ2) is 8.27. The number of carbonyl (C=O) groups excluding carboxylic acids is 1. The van der Waals surface area contributed by atoms with Crippen LogP contribution in [0.15, 0.2) is 5.38 Å². The fourth-order valence-electron chi connectivity index (χ4n) is 2.88. The Kier molecular flexibility index (Phi) is 6.36. The molecule has 1 saturated carbocycles. The summed E-state index contributed by atoms with van der Waals surface area (Å²) in [6, 6.07) is 0. The third kappa shape index (κ3) is 5.09. The standard InChI is InChI=1S/C16H24N2O3S/c1-11-10-22-14(18-11)4-2-3-9-17-15(19)12-5-7-13(8-6-12)16(20)21/h10,12-13H,2-9H2,1H3,(H,17,19)(H,20,21). The maximum Gasteiger partial charge on any atom is 0.306 e. The summed E-state index contributed by atoms with van der Waals surface area (Å²) in [4.78, 5) is 27.4. The van der Waals surface area contributed by atoms with Gasteiger partial charge in [-0.2, -0.15) is 0 Å². The van der Waals surface area contributed by atoms with Crippen LogP contribution in [0.4, 0.5) is 0 Å². The number of aryl methyl sites for hydroxylation is 2. The summed E-state index contributed by atoms with van der Waals surface area (Å²) in [6.45, 7) is 2.70. The monoisotopic (exact) mass is 324 g/mol. The molecule has 0 aromatic carbocycles. The number of unbranched alkanes of at least 4 members (excludes halogenated alkanes) is 1. The zero-order valence-corrected chi connectivity index (χ0v) is 13.8. The summed E-state index contributed by atoms with van der Waals surface area (Å²) >= 11 is 1.69. The molecule has 22 heavy (non-hydrogen) atoms. The van der Waals surface area contributed by atoms with Crippen LogP contribution >= 0.6 is 11.3 Å². The third-order valence-electron chi connectivity index (χ3n) is 4.23. The maximum atomic E-state index is 12.0. The Bertz CT molecular complexity index is 507. The van der Waals surface area contributed by atoms with Crippen LogP contribution in [0.1, 0.15) is 49.2 Å². The van der Waals surface area contributed by atoms with Crippen molar-refractivity contribution < 1.29 is 14.7 Å². The number of aliphatic carboxylic acids is 1. The molecule has 1 aromatic heterocycles. The van der Waals surface area contributed by atoms with Crippen molar-refractivity contribution >= 4 is 23.2 Å². The maximum absolute atomic E-state index is 12.0. The van der Waals surface area contributed by atoms with Crippen molar-refractivity contribution in [2.45, 2.75) is 51.9 Å². The van der Waals surface area contributed by atoms with Gasteiger partial charge < -0.3 is 10.4 Å². The van der Waals surface area contributed by atoms with Gasteiger partial charge in [-0.15, -0.1) is 11.3 Å². The molecule has 0 atom stereocenters. The normalized spacial score (nSPS) is 21.5. The summed E-state index contributed by atoms with van der Waals surface area (Å²) in [7, 11) is 0. The Morgan fingerprint density at radius 3 is 2.55 bits per heavy atom. The summed E-state index contributed by atoms with van der Waals surface area (Å²) in [5.74, 6) is -0.895. The molecule has 2 rings (SSSR count). The van der Waals surface area contributed by atoms with Crippen LogP contribution in [-0.2, 0) is 16.0 Å². The quantitative estimate of drug-likeness (QED) is 0.756. The number of carbonyl (C=O) groups is 2. The fraction of sp³-hybridized carbons (Fsp3) is 0.688. The first kappa shape index (κ1) is 16.9. The number of rotatable bonds is 7. The molecule has 1 amide bonds. The van der Waals surface area contributed by atoms with Crippen LogP contribution in [-0.4, -0.2) is 28.5 Å². The van der Waals surface area contributed by atoms with Crippen LogP contribution in [0, 0.1) is 18.8 Å². The van der Waals surface area contributed by atoms with Gasteiger partial charge in [0.15, 0.2) is 0 Å². The molecule has 1 aliphatic carbocycles. The van der Waals surface area contributed by atoms with Crippen LogP contribution < -0.4 is 5.32 Å². The first-order valence-corrected chi connectivity index (χ1v) is 8.85. The number of nitrogens with one attached hydrogen (secondary N) is 1. The molecule has 0 saturated heterocycles. The number of thiazole rings is 1. The van der Waals surface area contributed by atoms with E-state index < -0.39 is 5.97 Å². The van der Waals surface area contributed by atoms with Crippen molar-refractivity contribution in [2.75, 3.05) is 6.54 Å². The SMILES string of the molecule is Cc1csc(CCCCNC(=O)C2CCC(C(=O)O)CC2)n1. The summed E-state index contributed by atoms with van der Waals surface area (Å²) in [5, 5.41) is 15.2. The molecule has 0 spiro atoms. The number of aromatic nitrogens is 1. The van der Waals surface area contributed by atoms with Gasteiger partial charge in [0.25, 0.3) is 0 Å². The van der Waals surface area contributed by atoms with Crippen molar-refractivity contribution in [2.24, 2.45) is 11.8 Å². The lowest BCUT2D eigenvalue weighted by atomic mass is 9.81. The van der Waals surface area contributed by atoms with Crippen LogP contribution in [0.3, 0.4) is 0 Å². The fourth-order valence-corrected chi connectivity index (χ4v) is 3.70. The highest BCUT2D eigenvalue weighted by Gasteiger charge is 2.29.